The first-order valence-corrected chi connectivity index (χ1v) is 7.45. The average Bonchev–Trinajstić information content (AvgIpc) is 2.37. The molecule has 1 saturated carbocycles. The standard InChI is InChI=1S/C17H24FNO2/c1-11-7-13(10-17(2,3)9-11)19-15-6-5-12(18)8-14(15)16(20)21-4/h5-6,8,11,13,19H,7,9-10H2,1-4H3. The zero-order valence-electron chi connectivity index (χ0n) is 13.2. The highest BCUT2D eigenvalue weighted by Gasteiger charge is 2.32. The summed E-state index contributed by atoms with van der Waals surface area (Å²) < 4.78 is 18.1. The second-order valence-corrected chi connectivity index (χ2v) is 6.94. The molecule has 3 nitrogen and oxygen atoms in total. The highest BCUT2D eigenvalue weighted by molar-refractivity contribution is 5.95. The molecule has 0 radical (unpaired) electrons. The topological polar surface area (TPSA) is 38.3 Å². The summed E-state index contributed by atoms with van der Waals surface area (Å²) in [7, 11) is 1.31. The summed E-state index contributed by atoms with van der Waals surface area (Å²) >= 11 is 0. The predicted molar refractivity (Wildman–Crippen MR) is 81.9 cm³/mol. The number of rotatable bonds is 3. The molecular weight excluding hydrogens is 269 g/mol. The third-order valence-corrected chi connectivity index (χ3v) is 4.13. The van der Waals surface area contributed by atoms with E-state index in [-0.39, 0.29) is 17.0 Å². The van der Waals surface area contributed by atoms with E-state index < -0.39 is 11.8 Å². The van der Waals surface area contributed by atoms with E-state index in [4.69, 9.17) is 4.74 Å². The Morgan fingerprint density at radius 2 is 2.10 bits per heavy atom. The summed E-state index contributed by atoms with van der Waals surface area (Å²) in [6.45, 7) is 6.79. The van der Waals surface area contributed by atoms with Crippen LogP contribution in [0.5, 0.6) is 0 Å². The van der Waals surface area contributed by atoms with Crippen LogP contribution < -0.4 is 5.32 Å². The van der Waals surface area contributed by atoms with Crippen molar-refractivity contribution in [1.29, 1.82) is 0 Å². The molecule has 1 aromatic rings. The van der Waals surface area contributed by atoms with Crippen LogP contribution in [0.3, 0.4) is 0 Å². The number of anilines is 1. The van der Waals surface area contributed by atoms with E-state index in [0.717, 1.165) is 12.8 Å². The molecule has 2 unspecified atom stereocenters. The monoisotopic (exact) mass is 293 g/mol. The molecule has 1 aliphatic rings. The minimum absolute atomic E-state index is 0.258. The highest BCUT2D eigenvalue weighted by Crippen LogP contribution is 2.39. The summed E-state index contributed by atoms with van der Waals surface area (Å²) in [6.07, 6.45) is 3.30. The van der Waals surface area contributed by atoms with Gasteiger partial charge in [0.25, 0.3) is 0 Å². The van der Waals surface area contributed by atoms with Crippen LogP contribution in [0.2, 0.25) is 0 Å². The van der Waals surface area contributed by atoms with Gasteiger partial charge < -0.3 is 10.1 Å². The Bertz CT molecular complexity index is 528. The van der Waals surface area contributed by atoms with Gasteiger partial charge >= 0.3 is 5.97 Å². The van der Waals surface area contributed by atoms with Gasteiger partial charge in [-0.3, -0.25) is 0 Å². The van der Waals surface area contributed by atoms with E-state index in [1.165, 1.54) is 25.7 Å². The van der Waals surface area contributed by atoms with Gasteiger partial charge in [0.15, 0.2) is 0 Å². The van der Waals surface area contributed by atoms with E-state index >= 15 is 0 Å². The van der Waals surface area contributed by atoms with Gasteiger partial charge in [-0.2, -0.15) is 0 Å². The van der Waals surface area contributed by atoms with Crippen molar-refractivity contribution in [2.24, 2.45) is 11.3 Å². The summed E-state index contributed by atoms with van der Waals surface area (Å²) in [4.78, 5) is 11.8. The minimum Gasteiger partial charge on any atom is -0.465 e. The van der Waals surface area contributed by atoms with Crippen LogP contribution >= 0.6 is 0 Å². The van der Waals surface area contributed by atoms with Gasteiger partial charge in [-0.05, 0) is 48.8 Å². The zero-order chi connectivity index (χ0) is 15.6. The second-order valence-electron chi connectivity index (χ2n) is 6.94. The molecule has 4 heteroatoms. The van der Waals surface area contributed by atoms with Crippen molar-refractivity contribution in [3.63, 3.8) is 0 Å². The number of esters is 1. The molecule has 1 N–H and O–H groups in total. The highest BCUT2D eigenvalue weighted by atomic mass is 19.1. The first-order valence-electron chi connectivity index (χ1n) is 7.45. The summed E-state index contributed by atoms with van der Waals surface area (Å²) in [5, 5.41) is 3.41. The van der Waals surface area contributed by atoms with E-state index in [0.29, 0.717) is 11.6 Å². The fraction of sp³-hybridized carbons (Fsp3) is 0.588. The van der Waals surface area contributed by atoms with Crippen LogP contribution in [-0.4, -0.2) is 19.1 Å². The number of hydrogen-bond donors (Lipinski definition) is 1. The number of methoxy groups -OCH3 is 1. The Hall–Kier alpha value is -1.58. The van der Waals surface area contributed by atoms with Gasteiger partial charge in [0.1, 0.15) is 5.82 Å². The van der Waals surface area contributed by atoms with Crippen LogP contribution in [0.15, 0.2) is 18.2 Å². The number of carbonyl (C=O) groups excluding carboxylic acids is 1. The van der Waals surface area contributed by atoms with Crippen molar-refractivity contribution in [3.8, 4) is 0 Å². The van der Waals surface area contributed by atoms with Crippen LogP contribution in [0.1, 0.15) is 50.4 Å². The number of hydrogen-bond acceptors (Lipinski definition) is 3. The van der Waals surface area contributed by atoms with Gasteiger partial charge in [-0.15, -0.1) is 0 Å². The SMILES string of the molecule is COC(=O)c1cc(F)ccc1NC1CC(C)CC(C)(C)C1. The van der Waals surface area contributed by atoms with E-state index in [1.54, 1.807) is 6.07 Å². The van der Waals surface area contributed by atoms with Crippen LogP contribution in [-0.2, 0) is 4.74 Å². The normalized spacial score (nSPS) is 24.4. The Morgan fingerprint density at radius 1 is 1.38 bits per heavy atom. The third kappa shape index (κ3) is 3.96. The largest absolute Gasteiger partial charge is 0.465 e. The Balaban J connectivity index is 2.21. The Kier molecular flexibility index (Phi) is 4.55. The van der Waals surface area contributed by atoms with E-state index in [9.17, 15) is 9.18 Å². The molecule has 1 aliphatic carbocycles. The molecule has 0 bridgehead atoms. The number of ether oxygens (including phenoxy) is 1. The van der Waals surface area contributed by atoms with Crippen molar-refractivity contribution in [1.82, 2.24) is 0 Å². The summed E-state index contributed by atoms with van der Waals surface area (Å²) in [5.41, 5.74) is 1.19. The zero-order valence-corrected chi connectivity index (χ0v) is 13.2. The molecule has 0 saturated heterocycles. The molecule has 1 fully saturated rings. The number of benzene rings is 1. The van der Waals surface area contributed by atoms with E-state index in [1.807, 2.05) is 0 Å². The van der Waals surface area contributed by atoms with Crippen molar-refractivity contribution in [2.45, 2.75) is 46.1 Å². The third-order valence-electron chi connectivity index (χ3n) is 4.13. The van der Waals surface area contributed by atoms with Gasteiger partial charge in [0.2, 0.25) is 0 Å². The van der Waals surface area contributed by atoms with E-state index in [2.05, 4.69) is 26.1 Å². The average molecular weight is 293 g/mol. The molecule has 1 aromatic carbocycles. The fourth-order valence-corrected chi connectivity index (χ4v) is 3.60. The molecule has 0 aliphatic heterocycles. The van der Waals surface area contributed by atoms with Gasteiger partial charge in [0.05, 0.1) is 12.7 Å². The Labute approximate surface area is 125 Å². The summed E-state index contributed by atoms with van der Waals surface area (Å²) in [5.74, 6) is -0.313. The lowest BCUT2D eigenvalue weighted by Crippen LogP contribution is -2.35. The fourth-order valence-electron chi connectivity index (χ4n) is 3.60. The first kappa shape index (κ1) is 15.8. The molecule has 21 heavy (non-hydrogen) atoms. The van der Waals surface area contributed by atoms with Crippen molar-refractivity contribution in [3.05, 3.63) is 29.6 Å². The molecule has 116 valence electrons. The predicted octanol–water partition coefficient (Wildman–Crippen LogP) is 4.24. The Morgan fingerprint density at radius 3 is 2.71 bits per heavy atom. The summed E-state index contributed by atoms with van der Waals surface area (Å²) in [6, 6.07) is 4.50. The number of nitrogens with one attached hydrogen (secondary N) is 1. The molecule has 2 atom stereocenters. The molecule has 0 heterocycles. The van der Waals surface area contributed by atoms with Gasteiger partial charge in [-0.25, -0.2) is 9.18 Å². The molecular formula is C17H24FNO2. The van der Waals surface area contributed by atoms with Gasteiger partial charge in [0, 0.05) is 11.7 Å². The number of halogens is 1. The first-order chi connectivity index (χ1) is 9.80. The lowest BCUT2D eigenvalue weighted by molar-refractivity contribution is 0.0601. The maximum Gasteiger partial charge on any atom is 0.340 e. The number of carbonyl (C=O) groups is 1. The molecule has 0 spiro atoms. The minimum atomic E-state index is -0.514. The smallest absolute Gasteiger partial charge is 0.340 e. The van der Waals surface area contributed by atoms with Crippen LogP contribution in [0, 0.1) is 17.2 Å². The van der Waals surface area contributed by atoms with Crippen molar-refractivity contribution >= 4 is 11.7 Å². The second kappa shape index (κ2) is 6.04. The molecule has 0 amide bonds. The van der Waals surface area contributed by atoms with Crippen LogP contribution in [0.4, 0.5) is 10.1 Å². The van der Waals surface area contributed by atoms with Crippen molar-refractivity contribution < 1.29 is 13.9 Å². The lowest BCUT2D eigenvalue weighted by Gasteiger charge is -2.39. The van der Waals surface area contributed by atoms with Gasteiger partial charge in [-0.1, -0.05) is 20.8 Å². The maximum atomic E-state index is 13.4. The maximum absolute atomic E-state index is 13.4. The molecule has 2 rings (SSSR count). The van der Waals surface area contributed by atoms with Crippen LogP contribution in [0.25, 0.3) is 0 Å². The lowest BCUT2D eigenvalue weighted by atomic mass is 9.70. The quantitative estimate of drug-likeness (QED) is 0.847. The van der Waals surface area contributed by atoms with Crippen molar-refractivity contribution in [2.75, 3.05) is 12.4 Å². The molecule has 0 aromatic heterocycles.